The fraction of sp³-hybridized carbons (Fsp3) is 0.111. The first-order chi connectivity index (χ1) is 18.8. The predicted molar refractivity (Wildman–Crippen MR) is 169 cm³/mol. The second-order valence-corrected chi connectivity index (χ2v) is 11.7. The molecule has 0 spiro atoms. The van der Waals surface area contributed by atoms with E-state index < -0.39 is 5.91 Å². The summed E-state index contributed by atoms with van der Waals surface area (Å²) in [6.07, 6.45) is 0. The number of amides is 1. The second kappa shape index (κ2) is 17.8. The number of hydrogen-bond donors (Lipinski definition) is 0. The number of fused-ring (bicyclic) bond motifs is 3. The van der Waals surface area contributed by atoms with Crippen LogP contribution in [0.15, 0.2) is 140 Å². The molecule has 1 amide bonds. The summed E-state index contributed by atoms with van der Waals surface area (Å²) >= 11 is 0. The van der Waals surface area contributed by atoms with E-state index in [1.54, 1.807) is 12.1 Å². The van der Waals surface area contributed by atoms with Crippen molar-refractivity contribution in [1.29, 1.82) is 0 Å². The van der Waals surface area contributed by atoms with E-state index in [-0.39, 0.29) is 51.9 Å². The number of hydrogen-bond acceptors (Lipinski definition) is 1. The number of benzene rings is 5. The van der Waals surface area contributed by atoms with E-state index in [9.17, 15) is 4.79 Å². The fourth-order valence-electron chi connectivity index (χ4n) is 4.24. The molecule has 6 heteroatoms. The molecule has 0 aliphatic heterocycles. The number of carbonyl (C=O) groups excluding carboxylic acids is 1. The first kappa shape index (κ1) is 37.0. The topological polar surface area (TPSA) is 40.9 Å². The molecule has 6 aromatic carbocycles. The maximum atomic E-state index is 10.8. The van der Waals surface area contributed by atoms with E-state index in [1.807, 2.05) is 12.1 Å². The van der Waals surface area contributed by atoms with Crippen LogP contribution in [0.25, 0.3) is 27.3 Å². The van der Waals surface area contributed by atoms with Crippen LogP contribution in [-0.2, 0) is 27.1 Å². The van der Waals surface area contributed by atoms with Crippen LogP contribution in [0, 0.1) is 0 Å². The van der Waals surface area contributed by atoms with Crippen LogP contribution in [0.5, 0.6) is 0 Å². The van der Waals surface area contributed by atoms with E-state index >= 15 is 0 Å². The largest absolute Gasteiger partial charge is 4.00 e. The number of halogens is 2. The summed E-state index contributed by atoms with van der Waals surface area (Å²) in [5.74, 6) is -0.619. The van der Waals surface area contributed by atoms with Gasteiger partial charge >= 0.3 is 21.7 Å². The van der Waals surface area contributed by atoms with Gasteiger partial charge in [0.2, 0.25) is 0 Å². The summed E-state index contributed by atoms with van der Waals surface area (Å²) in [5, 5.41) is 8.19. The van der Waals surface area contributed by atoms with Crippen molar-refractivity contribution in [3.8, 4) is 0 Å². The van der Waals surface area contributed by atoms with Crippen LogP contribution in [-0.4, -0.2) is 15.4 Å². The van der Waals surface area contributed by atoms with E-state index in [0.717, 1.165) is 15.1 Å². The minimum absolute atomic E-state index is 0. The summed E-state index contributed by atoms with van der Waals surface area (Å²) in [5.41, 5.74) is 8.57. The van der Waals surface area contributed by atoms with Gasteiger partial charge in [-0.2, -0.15) is 0 Å². The second-order valence-electron chi connectivity index (χ2n) is 10.3. The van der Waals surface area contributed by atoms with Crippen molar-refractivity contribution >= 4 is 47.3 Å². The molecule has 2 radical (unpaired) electrons. The molecular formula is C36H33Cl2NOSiTi. The van der Waals surface area contributed by atoms with Crippen molar-refractivity contribution in [3.63, 3.8) is 0 Å². The van der Waals surface area contributed by atoms with Crippen molar-refractivity contribution in [2.24, 2.45) is 0 Å². The average Bonchev–Trinajstić information content (AvgIpc) is 3.33. The van der Waals surface area contributed by atoms with Gasteiger partial charge in [0.05, 0.1) is 5.91 Å². The zero-order chi connectivity index (χ0) is 27.7. The normalized spacial score (nSPS) is 9.98. The van der Waals surface area contributed by atoms with Gasteiger partial charge in [0.1, 0.15) is 9.52 Å². The maximum Gasteiger partial charge on any atom is 4.00 e. The first-order valence-electron chi connectivity index (χ1n) is 13.1. The summed E-state index contributed by atoms with van der Waals surface area (Å²) in [6, 6.07) is 47.7. The van der Waals surface area contributed by atoms with Crippen molar-refractivity contribution < 1.29 is 51.3 Å². The summed E-state index contributed by atoms with van der Waals surface area (Å²) < 4.78 is 0. The van der Waals surface area contributed by atoms with Crippen molar-refractivity contribution in [1.82, 2.24) is 0 Å². The Bertz CT molecular complexity index is 1560. The molecule has 0 unspecified atom stereocenters. The minimum Gasteiger partial charge on any atom is -1.00 e. The number of carbonyl (C=O) groups is 1. The van der Waals surface area contributed by atoms with Crippen LogP contribution < -0.4 is 35.2 Å². The molecule has 1 N–H and O–H groups in total. The molecule has 0 bridgehead atoms. The molecule has 0 atom stereocenters. The molecule has 0 aliphatic rings. The maximum absolute atomic E-state index is 10.8. The van der Waals surface area contributed by atoms with Gasteiger partial charge in [0, 0.05) is 0 Å². The smallest absolute Gasteiger partial charge is 1.00 e. The molecule has 0 heterocycles. The van der Waals surface area contributed by atoms with Crippen LogP contribution in [0.2, 0.25) is 0 Å². The van der Waals surface area contributed by atoms with Crippen LogP contribution in [0.1, 0.15) is 36.7 Å². The zero-order valence-corrected chi connectivity index (χ0v) is 28.0. The van der Waals surface area contributed by atoms with Gasteiger partial charge in [-0.1, -0.05) is 146 Å². The Kier molecular flexibility index (Phi) is 15.7. The molecule has 210 valence electrons. The third-order valence-electron chi connectivity index (χ3n) is 6.35. The molecule has 0 saturated carbocycles. The average molecular weight is 643 g/mol. The number of rotatable bonds is 3. The van der Waals surface area contributed by atoms with Gasteiger partial charge in [-0.3, -0.25) is 0 Å². The molecule has 0 fully saturated rings. The third-order valence-corrected chi connectivity index (χ3v) is 7.59. The van der Waals surface area contributed by atoms with E-state index in [1.165, 1.54) is 31.9 Å². The van der Waals surface area contributed by atoms with Gasteiger partial charge in [-0.25, -0.2) is 0 Å². The van der Waals surface area contributed by atoms with Gasteiger partial charge in [-0.05, 0) is 22.6 Å². The van der Waals surface area contributed by atoms with Crippen molar-refractivity contribution in [3.05, 3.63) is 156 Å². The molecule has 0 aliphatic carbocycles. The number of nitrogens with one attached hydrogen (secondary N) is 1. The van der Waals surface area contributed by atoms with Crippen LogP contribution in [0.4, 0.5) is 0 Å². The molecular weight excluding hydrogens is 609 g/mol. The Morgan fingerprint density at radius 3 is 1.48 bits per heavy atom. The predicted octanol–water partition coefficient (Wildman–Crippen LogP) is 2.24. The summed E-state index contributed by atoms with van der Waals surface area (Å²) in [6.45, 7) is 6.25. The molecule has 0 saturated heterocycles. The molecule has 2 nitrogen and oxygen atoms in total. The SMILES string of the molecule is CC(C)(C)c1cccc(C([NH-])=O)c1.[Cl-].[Cl-].[Ti+4].c1ccc([Si]c2ccccc2)cc1.c1ccc2c(c1)[cH-]c1ccccc12. The van der Waals surface area contributed by atoms with E-state index in [4.69, 9.17) is 5.73 Å². The zero-order valence-electron chi connectivity index (χ0n) is 23.9. The standard InChI is InChI=1S/C13H9.C12H10Si.C11H15NO.2ClH.Ti/c1-3-7-12-10(5-1)9-11-6-2-4-8-13(11)12;1-3-7-11(8-4-1)13-12-9-5-2-6-10-12;1-11(2,3)9-6-4-5-8(7-9)10(12)13;;;/h1-9H;1-10H;4-7H,1-3H3,(H2,12,13);2*1H;/q-1;;;;;+4/p-3. The van der Waals surface area contributed by atoms with Gasteiger partial charge < -0.3 is 35.3 Å². The van der Waals surface area contributed by atoms with Crippen LogP contribution >= 0.6 is 0 Å². The molecule has 42 heavy (non-hydrogen) atoms. The van der Waals surface area contributed by atoms with Crippen molar-refractivity contribution in [2.75, 3.05) is 0 Å². The van der Waals surface area contributed by atoms with Crippen LogP contribution in [0.3, 0.4) is 0 Å². The Morgan fingerprint density at radius 2 is 1.05 bits per heavy atom. The van der Waals surface area contributed by atoms with Gasteiger partial charge in [-0.15, -0.1) is 39.7 Å². The monoisotopic (exact) mass is 641 g/mol. The molecule has 0 aromatic heterocycles. The molecule has 6 aromatic rings. The van der Waals surface area contributed by atoms with Gasteiger partial charge in [0.25, 0.3) is 0 Å². The third kappa shape index (κ3) is 10.7. The van der Waals surface area contributed by atoms with Crippen molar-refractivity contribution in [2.45, 2.75) is 26.2 Å². The van der Waals surface area contributed by atoms with E-state index in [2.05, 4.69) is 136 Å². The first-order valence-corrected chi connectivity index (χ1v) is 14.1. The fourth-order valence-corrected chi connectivity index (χ4v) is 5.29. The summed E-state index contributed by atoms with van der Waals surface area (Å²) in [7, 11) is 0.777. The summed E-state index contributed by atoms with van der Waals surface area (Å²) in [4.78, 5) is 10.8. The Hall–Kier alpha value is -3.05. The Balaban J connectivity index is 0.000000304. The Morgan fingerprint density at radius 1 is 0.619 bits per heavy atom. The Labute approximate surface area is 279 Å². The van der Waals surface area contributed by atoms with Gasteiger partial charge in [0.15, 0.2) is 0 Å². The molecule has 6 rings (SSSR count). The van der Waals surface area contributed by atoms with E-state index in [0.29, 0.717) is 5.56 Å². The quantitative estimate of drug-likeness (QED) is 0.216. The minimum atomic E-state index is -0.619.